The average molecular weight is 447 g/mol. The molecule has 1 aromatic heterocycles. The molecule has 0 atom stereocenters. The van der Waals surface area contributed by atoms with E-state index in [0.717, 1.165) is 10.2 Å². The summed E-state index contributed by atoms with van der Waals surface area (Å²) in [6.07, 6.45) is 1.47. The molecule has 1 heterocycles. The number of amides is 1. The molecule has 0 aliphatic rings. The molecule has 0 radical (unpaired) electrons. The van der Waals surface area contributed by atoms with Gasteiger partial charge in [0.15, 0.2) is 14.6 Å². The second kappa shape index (κ2) is 9.27. The molecule has 0 N–H and O–H groups in total. The normalized spacial score (nSPS) is 12.1. The summed E-state index contributed by atoms with van der Waals surface area (Å²) in [6.45, 7) is 4.17. The van der Waals surface area contributed by atoms with Gasteiger partial charge in [-0.05, 0) is 24.3 Å². The third kappa shape index (κ3) is 4.47. The van der Waals surface area contributed by atoms with Crippen molar-refractivity contribution in [2.75, 3.05) is 20.0 Å². The molecule has 0 aliphatic carbocycles. The number of hydrogen-bond donors (Lipinski definition) is 0. The Labute approximate surface area is 178 Å². The first kappa shape index (κ1) is 21.8. The number of methoxy groups -OCH3 is 2. The van der Waals surface area contributed by atoms with Gasteiger partial charge in [-0.1, -0.05) is 35.6 Å². The van der Waals surface area contributed by atoms with E-state index in [4.69, 9.17) is 9.47 Å². The first-order valence-corrected chi connectivity index (χ1v) is 11.6. The van der Waals surface area contributed by atoms with Gasteiger partial charge in [-0.25, -0.2) is 8.42 Å². The smallest absolute Gasteiger partial charge is 0.249 e. The highest BCUT2D eigenvalue weighted by molar-refractivity contribution is 7.91. The molecule has 7 nitrogen and oxygen atoms in total. The minimum absolute atomic E-state index is 0.191. The number of aromatic nitrogens is 1. The van der Waals surface area contributed by atoms with Gasteiger partial charge in [0.05, 0.1) is 24.9 Å². The van der Waals surface area contributed by atoms with E-state index in [1.54, 1.807) is 55.2 Å². The van der Waals surface area contributed by atoms with Crippen molar-refractivity contribution in [1.29, 1.82) is 0 Å². The van der Waals surface area contributed by atoms with E-state index in [1.165, 1.54) is 23.5 Å². The first-order chi connectivity index (χ1) is 14.4. The molecule has 0 saturated carbocycles. The van der Waals surface area contributed by atoms with E-state index in [1.807, 2.05) is 0 Å². The predicted octanol–water partition coefficient (Wildman–Crippen LogP) is 3.20. The quantitative estimate of drug-likeness (QED) is 0.496. The largest absolute Gasteiger partial charge is 0.495 e. The monoisotopic (exact) mass is 446 g/mol. The first-order valence-electron chi connectivity index (χ1n) is 9.12. The van der Waals surface area contributed by atoms with Crippen LogP contribution in [0.5, 0.6) is 11.5 Å². The van der Waals surface area contributed by atoms with Crippen LogP contribution >= 0.6 is 11.3 Å². The predicted molar refractivity (Wildman–Crippen MR) is 117 cm³/mol. The summed E-state index contributed by atoms with van der Waals surface area (Å²) in [5.74, 6) is 0.425. The lowest BCUT2D eigenvalue weighted by Gasteiger charge is -2.08. The van der Waals surface area contributed by atoms with Gasteiger partial charge >= 0.3 is 0 Å². The van der Waals surface area contributed by atoms with Gasteiger partial charge in [0.25, 0.3) is 0 Å². The molecule has 0 fully saturated rings. The van der Waals surface area contributed by atoms with Crippen molar-refractivity contribution in [3.05, 3.63) is 59.9 Å². The highest BCUT2D eigenvalue weighted by Gasteiger charge is 2.18. The van der Waals surface area contributed by atoms with Crippen LogP contribution in [0.1, 0.15) is 6.42 Å². The van der Waals surface area contributed by atoms with Crippen molar-refractivity contribution in [2.24, 2.45) is 4.99 Å². The number of thiazole rings is 1. The van der Waals surface area contributed by atoms with E-state index < -0.39 is 15.7 Å². The summed E-state index contributed by atoms with van der Waals surface area (Å²) in [5, 5.41) is 0. The van der Waals surface area contributed by atoms with E-state index in [9.17, 15) is 13.2 Å². The summed E-state index contributed by atoms with van der Waals surface area (Å²) in [5.41, 5.74) is 0.741. The Morgan fingerprint density at radius 1 is 1.13 bits per heavy atom. The SMILES string of the molecule is C=CCn1c(=NC(=O)CCS(=O)(=O)c2ccccc2)sc2c(OC)ccc(OC)c21. The molecule has 158 valence electrons. The fourth-order valence-corrected chi connectivity index (χ4v) is 5.38. The molecule has 1 amide bonds. The number of hydrogen-bond acceptors (Lipinski definition) is 6. The van der Waals surface area contributed by atoms with Crippen molar-refractivity contribution in [3.63, 3.8) is 0 Å². The van der Waals surface area contributed by atoms with Crippen molar-refractivity contribution >= 4 is 37.3 Å². The van der Waals surface area contributed by atoms with Gasteiger partial charge in [0.1, 0.15) is 21.7 Å². The van der Waals surface area contributed by atoms with E-state index in [0.29, 0.717) is 22.8 Å². The third-order valence-corrected chi connectivity index (χ3v) is 7.24. The Morgan fingerprint density at radius 2 is 1.80 bits per heavy atom. The fourth-order valence-electron chi connectivity index (χ4n) is 2.97. The maximum absolute atomic E-state index is 12.5. The minimum atomic E-state index is -3.55. The van der Waals surface area contributed by atoms with Crippen molar-refractivity contribution in [3.8, 4) is 11.5 Å². The molecule has 3 rings (SSSR count). The number of ether oxygens (including phenoxy) is 2. The molecular formula is C21H22N2O5S2. The van der Waals surface area contributed by atoms with E-state index >= 15 is 0 Å². The molecule has 9 heteroatoms. The molecular weight excluding hydrogens is 424 g/mol. The van der Waals surface area contributed by atoms with Crippen LogP contribution in [-0.2, 0) is 21.2 Å². The summed E-state index contributed by atoms with van der Waals surface area (Å²) >= 11 is 1.28. The third-order valence-electron chi connectivity index (χ3n) is 4.41. The van der Waals surface area contributed by atoms with E-state index in [-0.39, 0.29) is 17.1 Å². The maximum atomic E-state index is 12.5. The Hall–Kier alpha value is -2.91. The standard InChI is InChI=1S/C21H22N2O5S2/c1-4-13-23-19-16(27-2)10-11-17(28-3)20(19)29-21(23)22-18(24)12-14-30(25,26)15-8-6-5-7-9-15/h4-11H,1,12-14H2,2-3H3. The highest BCUT2D eigenvalue weighted by Crippen LogP contribution is 2.35. The number of sulfone groups is 1. The van der Waals surface area contributed by atoms with Gasteiger partial charge in [-0.2, -0.15) is 4.99 Å². The van der Waals surface area contributed by atoms with Crippen LogP contribution in [0, 0.1) is 0 Å². The fraction of sp³-hybridized carbons (Fsp3) is 0.238. The summed E-state index contributed by atoms with van der Waals surface area (Å²) in [6, 6.07) is 11.6. The van der Waals surface area contributed by atoms with Gasteiger partial charge in [-0.3, -0.25) is 4.79 Å². The van der Waals surface area contributed by atoms with Gasteiger partial charge in [0, 0.05) is 13.0 Å². The lowest BCUT2D eigenvalue weighted by Crippen LogP contribution is -2.18. The number of fused-ring (bicyclic) bond motifs is 1. The number of allylic oxidation sites excluding steroid dienone is 1. The summed E-state index contributed by atoms with van der Waals surface area (Å²) in [4.78, 5) is 17.3. The van der Waals surface area contributed by atoms with Crippen molar-refractivity contribution in [2.45, 2.75) is 17.9 Å². The van der Waals surface area contributed by atoms with E-state index in [2.05, 4.69) is 11.6 Å². The Balaban J connectivity index is 1.98. The van der Waals surface area contributed by atoms with Crippen LogP contribution in [0.3, 0.4) is 0 Å². The highest BCUT2D eigenvalue weighted by atomic mass is 32.2. The zero-order valence-corrected chi connectivity index (χ0v) is 18.3. The average Bonchev–Trinajstić information content (AvgIpc) is 3.10. The lowest BCUT2D eigenvalue weighted by molar-refractivity contribution is -0.117. The number of rotatable bonds is 8. The minimum Gasteiger partial charge on any atom is -0.495 e. The van der Waals surface area contributed by atoms with Crippen molar-refractivity contribution in [1.82, 2.24) is 4.57 Å². The molecule has 0 bridgehead atoms. The van der Waals surface area contributed by atoms with Crippen LogP contribution in [0.2, 0.25) is 0 Å². The number of nitrogens with zero attached hydrogens (tertiary/aromatic N) is 2. The number of carbonyl (C=O) groups excluding carboxylic acids is 1. The second-order valence-electron chi connectivity index (χ2n) is 6.32. The number of benzene rings is 2. The van der Waals surface area contributed by atoms with Crippen LogP contribution in [0.25, 0.3) is 10.2 Å². The van der Waals surface area contributed by atoms with Gasteiger partial charge in [-0.15, -0.1) is 6.58 Å². The molecule has 0 unspecified atom stereocenters. The summed E-state index contributed by atoms with van der Waals surface area (Å²) in [7, 11) is -0.427. The number of carbonyl (C=O) groups is 1. The van der Waals surface area contributed by atoms with Gasteiger partial charge in [0.2, 0.25) is 5.91 Å². The Bertz CT molecular complexity index is 1240. The van der Waals surface area contributed by atoms with Gasteiger partial charge < -0.3 is 14.0 Å². The molecule has 0 aliphatic heterocycles. The summed E-state index contributed by atoms with van der Waals surface area (Å²) < 4.78 is 38.3. The van der Waals surface area contributed by atoms with Crippen molar-refractivity contribution < 1.29 is 22.7 Å². The molecule has 0 saturated heterocycles. The second-order valence-corrected chi connectivity index (χ2v) is 9.41. The van der Waals surface area contributed by atoms with Crippen LogP contribution < -0.4 is 14.3 Å². The molecule has 0 spiro atoms. The molecule has 2 aromatic carbocycles. The molecule has 30 heavy (non-hydrogen) atoms. The maximum Gasteiger partial charge on any atom is 0.249 e. The zero-order valence-electron chi connectivity index (χ0n) is 16.7. The zero-order chi connectivity index (χ0) is 21.7. The topological polar surface area (TPSA) is 87.0 Å². The van der Waals surface area contributed by atoms with Crippen LogP contribution in [0.4, 0.5) is 0 Å². The molecule has 3 aromatic rings. The van der Waals surface area contributed by atoms with Crippen LogP contribution in [-0.4, -0.2) is 38.9 Å². The Morgan fingerprint density at radius 3 is 2.43 bits per heavy atom. The lowest BCUT2D eigenvalue weighted by atomic mass is 10.3. The van der Waals surface area contributed by atoms with Crippen LogP contribution in [0.15, 0.2) is 65.0 Å². The Kier molecular flexibility index (Phi) is 6.73.